The number of halogens is 5. The smallest absolute Gasteiger partial charge is 0.257 e. The summed E-state index contributed by atoms with van der Waals surface area (Å²) < 4.78 is 82.3. The number of rotatable bonds is 11. The highest BCUT2D eigenvalue weighted by Gasteiger charge is 2.34. The van der Waals surface area contributed by atoms with Crippen LogP contribution in [0.25, 0.3) is 21.9 Å². The molecule has 6 aromatic rings. The van der Waals surface area contributed by atoms with Crippen molar-refractivity contribution >= 4 is 16.7 Å². The second kappa shape index (κ2) is 16.7. The Kier molecular flexibility index (Phi) is 11.6. The molecule has 1 amide bonds. The molecular formula is C45H39F5N2O4. The van der Waals surface area contributed by atoms with Crippen molar-refractivity contribution in [1.82, 2.24) is 10.2 Å². The number of amides is 1. The highest BCUT2D eigenvalue weighted by molar-refractivity contribution is 5.94. The maximum Gasteiger partial charge on any atom is 0.257 e. The Morgan fingerprint density at radius 3 is 2.09 bits per heavy atom. The average molecular weight is 767 g/mol. The Labute approximate surface area is 321 Å². The van der Waals surface area contributed by atoms with E-state index in [2.05, 4.69) is 54.5 Å². The number of nitrogens with zero attached hydrogens (tertiary/aromatic N) is 1. The van der Waals surface area contributed by atoms with E-state index < -0.39 is 46.8 Å². The number of likely N-dealkylation sites (N-methyl/N-ethyl adjacent to an activating group) is 1. The largest absolute Gasteiger partial charge is 0.392 e. The van der Waals surface area contributed by atoms with Gasteiger partial charge in [0, 0.05) is 31.1 Å². The standard InChI is InChI=1S/C45H39F5N2O4/c1-26(33-19-16-29-7-3-4-8-35(29)21-33)52(2)24-36-22-37(31-12-10-27(25-53)11-13-31)56-45(55-36)32-17-14-30(15-18-32)34-9-5-6-28(20-34)23-51-44(54)38-39(46)41(48)43(50)42(49)40(38)47/h3-21,26,36-37,45,53H,22-25H2,1-2H3,(H,51,54)/t26-,36-,37+,45+/m1/s1. The van der Waals surface area contributed by atoms with Crippen molar-refractivity contribution in [2.75, 3.05) is 13.6 Å². The Bertz CT molecular complexity index is 2330. The quantitative estimate of drug-likeness (QED) is 0.0781. The first-order chi connectivity index (χ1) is 27.0. The van der Waals surface area contributed by atoms with Crippen LogP contribution in [0.5, 0.6) is 0 Å². The van der Waals surface area contributed by atoms with Gasteiger partial charge in [-0.2, -0.15) is 0 Å². The first kappa shape index (κ1) is 38.8. The molecule has 0 saturated carbocycles. The number of carbonyl (C=O) groups is 1. The van der Waals surface area contributed by atoms with E-state index in [1.165, 1.54) is 16.3 Å². The summed E-state index contributed by atoms with van der Waals surface area (Å²) in [6.45, 7) is 2.54. The van der Waals surface area contributed by atoms with Crippen LogP contribution >= 0.6 is 0 Å². The van der Waals surface area contributed by atoms with Gasteiger partial charge >= 0.3 is 0 Å². The topological polar surface area (TPSA) is 71.0 Å². The molecule has 56 heavy (non-hydrogen) atoms. The van der Waals surface area contributed by atoms with Gasteiger partial charge in [0.1, 0.15) is 5.56 Å². The molecule has 11 heteroatoms. The summed E-state index contributed by atoms with van der Waals surface area (Å²) in [5.41, 5.74) is 4.35. The normalized spacial score (nSPS) is 17.6. The van der Waals surface area contributed by atoms with Crippen molar-refractivity contribution in [3.8, 4) is 11.1 Å². The lowest BCUT2D eigenvalue weighted by atomic mass is 9.98. The molecule has 0 aromatic heterocycles. The fraction of sp³-hybridized carbons (Fsp3) is 0.222. The molecular weight excluding hydrogens is 727 g/mol. The highest BCUT2D eigenvalue weighted by atomic mass is 19.2. The third-order valence-corrected chi connectivity index (χ3v) is 10.4. The number of hydrogen-bond acceptors (Lipinski definition) is 5. The first-order valence-corrected chi connectivity index (χ1v) is 18.2. The molecule has 2 N–H and O–H groups in total. The van der Waals surface area contributed by atoms with Gasteiger partial charge in [0.25, 0.3) is 5.91 Å². The van der Waals surface area contributed by atoms with Crippen LogP contribution in [0.1, 0.15) is 70.0 Å². The summed E-state index contributed by atoms with van der Waals surface area (Å²) in [5, 5.41) is 14.2. The fourth-order valence-corrected chi connectivity index (χ4v) is 7.00. The Morgan fingerprint density at radius 1 is 0.732 bits per heavy atom. The second-order valence-corrected chi connectivity index (χ2v) is 14.0. The minimum absolute atomic E-state index is 0.0556. The van der Waals surface area contributed by atoms with E-state index in [0.29, 0.717) is 18.5 Å². The van der Waals surface area contributed by atoms with Crippen LogP contribution in [0, 0.1) is 29.1 Å². The minimum atomic E-state index is -2.33. The summed E-state index contributed by atoms with van der Waals surface area (Å²) in [5.74, 6) is -12.5. The predicted molar refractivity (Wildman–Crippen MR) is 203 cm³/mol. The van der Waals surface area contributed by atoms with Crippen molar-refractivity contribution in [3.05, 3.63) is 178 Å². The molecule has 1 aliphatic rings. The van der Waals surface area contributed by atoms with Gasteiger partial charge in [0.05, 0.1) is 18.8 Å². The third kappa shape index (κ3) is 8.22. The lowest BCUT2D eigenvalue weighted by Gasteiger charge is -2.39. The van der Waals surface area contributed by atoms with E-state index in [-0.39, 0.29) is 31.4 Å². The van der Waals surface area contributed by atoms with Gasteiger partial charge in [-0.05, 0) is 70.3 Å². The van der Waals surface area contributed by atoms with Gasteiger partial charge < -0.3 is 19.9 Å². The van der Waals surface area contributed by atoms with Crippen LogP contribution < -0.4 is 5.32 Å². The van der Waals surface area contributed by atoms with Gasteiger partial charge in [0.2, 0.25) is 5.82 Å². The number of aliphatic hydroxyl groups excluding tert-OH is 1. The molecule has 1 saturated heterocycles. The van der Waals surface area contributed by atoms with Crippen LogP contribution in [0.4, 0.5) is 22.0 Å². The van der Waals surface area contributed by atoms with Crippen LogP contribution in [0.15, 0.2) is 115 Å². The SMILES string of the molecule is C[C@H](c1ccc2ccccc2c1)N(C)C[C@H]1C[C@@H](c2ccc(CO)cc2)O[C@@H](c2ccc(-c3cccc(CNC(=O)c4c(F)c(F)c(F)c(F)c4F)c3)cc2)O1. The van der Waals surface area contributed by atoms with E-state index in [1.54, 1.807) is 18.2 Å². The summed E-state index contributed by atoms with van der Waals surface area (Å²) in [6, 6.07) is 37.3. The zero-order chi connectivity index (χ0) is 39.5. The summed E-state index contributed by atoms with van der Waals surface area (Å²) in [4.78, 5) is 14.8. The van der Waals surface area contributed by atoms with E-state index in [9.17, 15) is 31.9 Å². The second-order valence-electron chi connectivity index (χ2n) is 14.0. The minimum Gasteiger partial charge on any atom is -0.392 e. The van der Waals surface area contributed by atoms with Crippen molar-refractivity contribution in [3.63, 3.8) is 0 Å². The molecule has 4 atom stereocenters. The van der Waals surface area contributed by atoms with Crippen LogP contribution in [-0.4, -0.2) is 35.6 Å². The molecule has 288 valence electrons. The van der Waals surface area contributed by atoms with Crippen LogP contribution in [0.2, 0.25) is 0 Å². The van der Waals surface area contributed by atoms with E-state index in [0.717, 1.165) is 27.8 Å². The zero-order valence-electron chi connectivity index (χ0n) is 30.6. The van der Waals surface area contributed by atoms with Crippen molar-refractivity contribution in [2.24, 2.45) is 0 Å². The Balaban J connectivity index is 1.06. The zero-order valence-corrected chi connectivity index (χ0v) is 30.6. The average Bonchev–Trinajstić information content (AvgIpc) is 3.24. The van der Waals surface area contributed by atoms with Crippen molar-refractivity contribution in [1.29, 1.82) is 0 Å². The van der Waals surface area contributed by atoms with Gasteiger partial charge in [-0.1, -0.05) is 103 Å². The maximum absolute atomic E-state index is 14.2. The van der Waals surface area contributed by atoms with Crippen molar-refractivity contribution < 1.29 is 41.3 Å². The number of carbonyl (C=O) groups excluding carboxylic acids is 1. The summed E-state index contributed by atoms with van der Waals surface area (Å²) in [7, 11) is 2.09. The Morgan fingerprint density at radius 2 is 1.39 bits per heavy atom. The maximum atomic E-state index is 14.2. The van der Waals surface area contributed by atoms with Gasteiger partial charge in [-0.25, -0.2) is 22.0 Å². The van der Waals surface area contributed by atoms with Gasteiger partial charge in [-0.3, -0.25) is 9.69 Å². The Hall–Kier alpha value is -5.46. The number of hydrogen-bond donors (Lipinski definition) is 2. The molecule has 1 fully saturated rings. The molecule has 1 aliphatic heterocycles. The van der Waals surface area contributed by atoms with Crippen molar-refractivity contribution in [2.45, 2.75) is 51.0 Å². The van der Waals surface area contributed by atoms with Crippen LogP contribution in [0.3, 0.4) is 0 Å². The molecule has 7 rings (SSSR count). The molecule has 6 nitrogen and oxygen atoms in total. The number of aliphatic hydroxyl groups is 1. The van der Waals surface area contributed by atoms with E-state index >= 15 is 0 Å². The monoisotopic (exact) mass is 766 g/mol. The lowest BCUT2D eigenvalue weighted by molar-refractivity contribution is -0.253. The summed E-state index contributed by atoms with van der Waals surface area (Å²) in [6.07, 6.45) is -0.513. The number of nitrogens with one attached hydrogen (secondary N) is 1. The van der Waals surface area contributed by atoms with Gasteiger partial charge in [0.15, 0.2) is 29.6 Å². The summed E-state index contributed by atoms with van der Waals surface area (Å²) >= 11 is 0. The molecule has 0 unspecified atom stereocenters. The van der Waals surface area contributed by atoms with Crippen LogP contribution in [-0.2, 0) is 22.6 Å². The van der Waals surface area contributed by atoms with E-state index in [4.69, 9.17) is 9.47 Å². The molecule has 1 heterocycles. The molecule has 0 aliphatic carbocycles. The number of fused-ring (bicyclic) bond motifs is 1. The molecule has 0 bridgehead atoms. The van der Waals surface area contributed by atoms with Gasteiger partial charge in [-0.15, -0.1) is 0 Å². The molecule has 0 radical (unpaired) electrons. The number of benzene rings is 6. The van der Waals surface area contributed by atoms with E-state index in [1.807, 2.05) is 66.7 Å². The predicted octanol–water partition coefficient (Wildman–Crippen LogP) is 9.86. The first-order valence-electron chi connectivity index (χ1n) is 18.2. The molecule has 6 aromatic carbocycles. The number of ether oxygens (including phenoxy) is 2. The lowest BCUT2D eigenvalue weighted by Crippen LogP contribution is -2.38. The molecule has 0 spiro atoms. The third-order valence-electron chi connectivity index (χ3n) is 10.4. The highest BCUT2D eigenvalue weighted by Crippen LogP contribution is 2.39. The fourth-order valence-electron chi connectivity index (χ4n) is 7.00.